The van der Waals surface area contributed by atoms with E-state index in [0.29, 0.717) is 6.54 Å². The summed E-state index contributed by atoms with van der Waals surface area (Å²) in [5.41, 5.74) is 0. The van der Waals surface area contributed by atoms with Gasteiger partial charge in [0.05, 0.1) is 12.6 Å². The molecule has 0 amide bonds. The fourth-order valence-corrected chi connectivity index (χ4v) is 1.94. The SMILES string of the molecule is CCCC1CCN(CC#N)CC1. The third kappa shape index (κ3) is 2.83. The Morgan fingerprint density at radius 3 is 2.58 bits per heavy atom. The molecule has 1 aliphatic heterocycles. The minimum atomic E-state index is 0.624. The van der Waals surface area contributed by atoms with Crippen LogP contribution in [-0.4, -0.2) is 24.5 Å². The first-order valence-electron chi connectivity index (χ1n) is 4.96. The van der Waals surface area contributed by atoms with Crippen LogP contribution in [0.25, 0.3) is 0 Å². The van der Waals surface area contributed by atoms with Crippen LogP contribution in [0.5, 0.6) is 0 Å². The highest BCUT2D eigenvalue weighted by Crippen LogP contribution is 2.20. The molecule has 0 bridgehead atoms. The first-order chi connectivity index (χ1) is 5.86. The average molecular weight is 166 g/mol. The molecule has 0 radical (unpaired) electrons. The van der Waals surface area contributed by atoms with Crippen LogP contribution in [0.2, 0.25) is 0 Å². The van der Waals surface area contributed by atoms with Gasteiger partial charge in [-0.3, -0.25) is 4.90 Å². The number of likely N-dealkylation sites (tertiary alicyclic amines) is 1. The predicted molar refractivity (Wildman–Crippen MR) is 49.7 cm³/mol. The average Bonchev–Trinajstić information content (AvgIpc) is 2.09. The number of hydrogen-bond donors (Lipinski definition) is 0. The van der Waals surface area contributed by atoms with Crippen molar-refractivity contribution in [3.8, 4) is 6.07 Å². The monoisotopic (exact) mass is 166 g/mol. The molecule has 1 rings (SSSR count). The lowest BCUT2D eigenvalue weighted by molar-refractivity contribution is 0.196. The second-order valence-corrected chi connectivity index (χ2v) is 3.67. The van der Waals surface area contributed by atoms with Gasteiger partial charge in [-0.1, -0.05) is 19.8 Å². The molecule has 0 aromatic rings. The van der Waals surface area contributed by atoms with E-state index in [-0.39, 0.29) is 0 Å². The Hall–Kier alpha value is -0.550. The first-order valence-corrected chi connectivity index (χ1v) is 4.96. The van der Waals surface area contributed by atoms with Crippen molar-refractivity contribution in [2.75, 3.05) is 19.6 Å². The number of nitrogens with zero attached hydrogens (tertiary/aromatic N) is 2. The highest BCUT2D eigenvalue weighted by molar-refractivity contribution is 4.80. The zero-order valence-corrected chi connectivity index (χ0v) is 7.92. The van der Waals surface area contributed by atoms with Gasteiger partial charge in [0.25, 0.3) is 0 Å². The molecule has 0 aromatic carbocycles. The van der Waals surface area contributed by atoms with Crippen molar-refractivity contribution in [1.29, 1.82) is 5.26 Å². The maximum atomic E-state index is 8.50. The third-order valence-corrected chi connectivity index (χ3v) is 2.70. The molecule has 1 aliphatic rings. The summed E-state index contributed by atoms with van der Waals surface area (Å²) in [6.45, 7) is 5.15. The number of nitriles is 1. The molecule has 0 unspecified atom stereocenters. The van der Waals surface area contributed by atoms with E-state index < -0.39 is 0 Å². The van der Waals surface area contributed by atoms with Gasteiger partial charge in [0.1, 0.15) is 0 Å². The standard InChI is InChI=1S/C10H18N2/c1-2-3-10-4-7-12(8-5-10)9-6-11/h10H,2-5,7-9H2,1H3. The summed E-state index contributed by atoms with van der Waals surface area (Å²) in [5, 5.41) is 8.50. The van der Waals surface area contributed by atoms with Gasteiger partial charge >= 0.3 is 0 Å². The van der Waals surface area contributed by atoms with Crippen molar-refractivity contribution in [2.24, 2.45) is 5.92 Å². The van der Waals surface area contributed by atoms with E-state index in [9.17, 15) is 0 Å². The molecule has 1 fully saturated rings. The van der Waals surface area contributed by atoms with Crippen LogP contribution >= 0.6 is 0 Å². The maximum absolute atomic E-state index is 8.50. The molecule has 2 nitrogen and oxygen atoms in total. The van der Waals surface area contributed by atoms with Crippen LogP contribution in [-0.2, 0) is 0 Å². The molecular weight excluding hydrogens is 148 g/mol. The Balaban J connectivity index is 2.16. The summed E-state index contributed by atoms with van der Waals surface area (Å²) in [7, 11) is 0. The van der Waals surface area contributed by atoms with E-state index in [4.69, 9.17) is 5.26 Å². The van der Waals surface area contributed by atoms with Crippen molar-refractivity contribution in [3.05, 3.63) is 0 Å². The van der Waals surface area contributed by atoms with Gasteiger partial charge in [-0.25, -0.2) is 0 Å². The molecule has 2 heteroatoms. The lowest BCUT2D eigenvalue weighted by Gasteiger charge is -2.29. The summed E-state index contributed by atoms with van der Waals surface area (Å²) in [5.74, 6) is 0.935. The summed E-state index contributed by atoms with van der Waals surface area (Å²) >= 11 is 0. The minimum absolute atomic E-state index is 0.624. The maximum Gasteiger partial charge on any atom is 0.0865 e. The molecule has 0 N–H and O–H groups in total. The van der Waals surface area contributed by atoms with Crippen molar-refractivity contribution < 1.29 is 0 Å². The quantitative estimate of drug-likeness (QED) is 0.600. The Labute approximate surface area is 75.2 Å². The summed E-state index contributed by atoms with van der Waals surface area (Å²) in [6.07, 6.45) is 5.29. The Kier molecular flexibility index (Phi) is 4.10. The van der Waals surface area contributed by atoms with E-state index >= 15 is 0 Å². The van der Waals surface area contributed by atoms with Gasteiger partial charge in [-0.15, -0.1) is 0 Å². The van der Waals surface area contributed by atoms with Gasteiger partial charge in [-0.05, 0) is 31.8 Å². The van der Waals surface area contributed by atoms with Crippen LogP contribution in [0.3, 0.4) is 0 Å². The second kappa shape index (κ2) is 5.16. The highest BCUT2D eigenvalue weighted by atomic mass is 15.1. The van der Waals surface area contributed by atoms with E-state index in [0.717, 1.165) is 19.0 Å². The molecule has 0 saturated carbocycles. The van der Waals surface area contributed by atoms with Gasteiger partial charge in [0.15, 0.2) is 0 Å². The number of rotatable bonds is 3. The molecule has 0 atom stereocenters. The molecule has 1 saturated heterocycles. The molecular formula is C10H18N2. The molecule has 1 heterocycles. The topological polar surface area (TPSA) is 27.0 Å². The number of piperidine rings is 1. The summed E-state index contributed by atoms with van der Waals surface area (Å²) in [4.78, 5) is 2.26. The van der Waals surface area contributed by atoms with Crippen molar-refractivity contribution >= 4 is 0 Å². The lowest BCUT2D eigenvalue weighted by atomic mass is 9.93. The van der Waals surface area contributed by atoms with Gasteiger partial charge in [0, 0.05) is 0 Å². The fourth-order valence-electron chi connectivity index (χ4n) is 1.94. The van der Waals surface area contributed by atoms with Crippen molar-refractivity contribution in [1.82, 2.24) is 4.90 Å². The van der Waals surface area contributed by atoms with E-state index in [1.54, 1.807) is 0 Å². The lowest BCUT2D eigenvalue weighted by Crippen LogP contribution is -2.33. The third-order valence-electron chi connectivity index (χ3n) is 2.70. The van der Waals surface area contributed by atoms with Crippen LogP contribution in [0.4, 0.5) is 0 Å². The summed E-state index contributed by atoms with van der Waals surface area (Å²) in [6, 6.07) is 2.21. The van der Waals surface area contributed by atoms with Crippen LogP contribution in [0.15, 0.2) is 0 Å². The Morgan fingerprint density at radius 1 is 1.42 bits per heavy atom. The van der Waals surface area contributed by atoms with Gasteiger partial charge < -0.3 is 0 Å². The molecule has 0 aromatic heterocycles. The minimum Gasteiger partial charge on any atom is -0.291 e. The summed E-state index contributed by atoms with van der Waals surface area (Å²) < 4.78 is 0. The fraction of sp³-hybridized carbons (Fsp3) is 0.900. The van der Waals surface area contributed by atoms with Crippen molar-refractivity contribution in [2.45, 2.75) is 32.6 Å². The normalized spacial score (nSPS) is 20.7. The van der Waals surface area contributed by atoms with Crippen molar-refractivity contribution in [3.63, 3.8) is 0 Å². The molecule has 0 spiro atoms. The zero-order chi connectivity index (χ0) is 8.81. The van der Waals surface area contributed by atoms with E-state index in [1.807, 2.05) is 0 Å². The first kappa shape index (κ1) is 9.54. The second-order valence-electron chi connectivity index (χ2n) is 3.67. The van der Waals surface area contributed by atoms with Crippen LogP contribution in [0.1, 0.15) is 32.6 Å². The predicted octanol–water partition coefficient (Wildman–Crippen LogP) is 2.02. The zero-order valence-electron chi connectivity index (χ0n) is 7.92. The van der Waals surface area contributed by atoms with Gasteiger partial charge in [0.2, 0.25) is 0 Å². The molecule has 12 heavy (non-hydrogen) atoms. The molecule has 68 valence electrons. The van der Waals surface area contributed by atoms with Crippen LogP contribution < -0.4 is 0 Å². The van der Waals surface area contributed by atoms with E-state index in [1.165, 1.54) is 25.7 Å². The Bertz CT molecular complexity index is 152. The molecule has 0 aliphatic carbocycles. The number of hydrogen-bond acceptors (Lipinski definition) is 2. The van der Waals surface area contributed by atoms with Gasteiger partial charge in [-0.2, -0.15) is 5.26 Å². The van der Waals surface area contributed by atoms with Crippen LogP contribution in [0, 0.1) is 17.2 Å². The smallest absolute Gasteiger partial charge is 0.0865 e. The van der Waals surface area contributed by atoms with E-state index in [2.05, 4.69) is 17.9 Å². The highest BCUT2D eigenvalue weighted by Gasteiger charge is 2.17. The Morgan fingerprint density at radius 2 is 2.08 bits per heavy atom. The largest absolute Gasteiger partial charge is 0.291 e.